The van der Waals surface area contributed by atoms with E-state index < -0.39 is 0 Å². The van der Waals surface area contributed by atoms with Gasteiger partial charge in [-0.1, -0.05) is 26.7 Å². The lowest BCUT2D eigenvalue weighted by molar-refractivity contribution is 0.0725. The summed E-state index contributed by atoms with van der Waals surface area (Å²) in [6.07, 6.45) is 8.09. The second-order valence-corrected chi connectivity index (χ2v) is 6.38. The maximum absolute atomic E-state index is 5.58. The summed E-state index contributed by atoms with van der Waals surface area (Å²) >= 11 is 0. The van der Waals surface area contributed by atoms with E-state index in [0.717, 1.165) is 25.7 Å². The van der Waals surface area contributed by atoms with Crippen LogP contribution < -0.4 is 5.32 Å². The lowest BCUT2D eigenvalue weighted by Crippen LogP contribution is -2.55. The van der Waals surface area contributed by atoms with Crippen molar-refractivity contribution in [1.82, 2.24) is 10.2 Å². The third kappa shape index (κ3) is 3.93. The van der Waals surface area contributed by atoms with Crippen LogP contribution in [0.2, 0.25) is 0 Å². The number of nitrogens with zero attached hydrogens (tertiary/aromatic N) is 1. The van der Waals surface area contributed by atoms with Gasteiger partial charge in [0.2, 0.25) is 0 Å². The topological polar surface area (TPSA) is 24.5 Å². The van der Waals surface area contributed by atoms with Gasteiger partial charge in [-0.2, -0.15) is 0 Å². The van der Waals surface area contributed by atoms with Crippen molar-refractivity contribution in [2.75, 3.05) is 26.8 Å². The standard InChI is InChI=1S/C16H32N2O/c1-4-6-13-7-8-15(17-5-2)16(11-13)18(3)14-9-10-19-12-14/h13-17H,4-12H2,1-3H3. The first-order chi connectivity index (χ1) is 9.26. The summed E-state index contributed by atoms with van der Waals surface area (Å²) in [7, 11) is 2.32. The van der Waals surface area contributed by atoms with E-state index in [1.165, 1.54) is 38.5 Å². The smallest absolute Gasteiger partial charge is 0.0622 e. The molecule has 0 radical (unpaired) electrons. The van der Waals surface area contributed by atoms with Gasteiger partial charge in [-0.15, -0.1) is 0 Å². The van der Waals surface area contributed by atoms with Crippen LogP contribution in [0.25, 0.3) is 0 Å². The highest BCUT2D eigenvalue weighted by molar-refractivity contribution is 4.92. The first-order valence-electron chi connectivity index (χ1n) is 8.29. The molecule has 0 aromatic heterocycles. The van der Waals surface area contributed by atoms with Crippen LogP contribution in [0.3, 0.4) is 0 Å². The van der Waals surface area contributed by atoms with Crippen molar-refractivity contribution in [2.45, 2.75) is 70.5 Å². The highest BCUT2D eigenvalue weighted by atomic mass is 16.5. The van der Waals surface area contributed by atoms with Crippen molar-refractivity contribution in [3.8, 4) is 0 Å². The fourth-order valence-electron chi connectivity index (χ4n) is 3.97. The molecule has 0 aromatic rings. The second kappa shape index (κ2) is 7.61. The van der Waals surface area contributed by atoms with Gasteiger partial charge in [-0.25, -0.2) is 0 Å². The number of hydrogen-bond donors (Lipinski definition) is 1. The molecule has 1 heterocycles. The summed E-state index contributed by atoms with van der Waals surface area (Å²) in [4.78, 5) is 2.63. The summed E-state index contributed by atoms with van der Waals surface area (Å²) in [5, 5.41) is 3.72. The van der Waals surface area contributed by atoms with Crippen molar-refractivity contribution in [1.29, 1.82) is 0 Å². The van der Waals surface area contributed by atoms with Gasteiger partial charge in [0, 0.05) is 24.7 Å². The number of hydrogen-bond acceptors (Lipinski definition) is 3. The average molecular weight is 268 g/mol. The number of ether oxygens (including phenoxy) is 1. The number of nitrogens with one attached hydrogen (secondary N) is 1. The van der Waals surface area contributed by atoms with E-state index in [4.69, 9.17) is 4.74 Å². The molecule has 19 heavy (non-hydrogen) atoms. The summed E-state index contributed by atoms with van der Waals surface area (Å²) in [5.74, 6) is 0.940. The van der Waals surface area contributed by atoms with Crippen LogP contribution in [0.1, 0.15) is 52.4 Å². The van der Waals surface area contributed by atoms with Crippen molar-refractivity contribution >= 4 is 0 Å². The summed E-state index contributed by atoms with van der Waals surface area (Å²) < 4.78 is 5.58. The van der Waals surface area contributed by atoms with E-state index in [0.29, 0.717) is 18.1 Å². The van der Waals surface area contributed by atoms with Crippen LogP contribution in [-0.2, 0) is 4.74 Å². The Morgan fingerprint density at radius 1 is 1.21 bits per heavy atom. The number of likely N-dealkylation sites (N-methyl/N-ethyl adjacent to an activating group) is 2. The molecule has 4 unspecified atom stereocenters. The third-order valence-electron chi connectivity index (χ3n) is 5.09. The molecule has 1 aliphatic carbocycles. The Kier molecular flexibility index (Phi) is 6.11. The van der Waals surface area contributed by atoms with Gasteiger partial charge in [0.05, 0.1) is 6.61 Å². The van der Waals surface area contributed by atoms with Gasteiger partial charge in [-0.05, 0) is 45.2 Å². The van der Waals surface area contributed by atoms with Crippen molar-refractivity contribution in [3.63, 3.8) is 0 Å². The minimum absolute atomic E-state index is 0.645. The molecule has 2 rings (SSSR count). The molecule has 0 amide bonds. The Balaban J connectivity index is 1.97. The largest absolute Gasteiger partial charge is 0.380 e. The molecule has 1 saturated heterocycles. The van der Waals surface area contributed by atoms with Crippen LogP contribution in [0, 0.1) is 5.92 Å². The van der Waals surface area contributed by atoms with Gasteiger partial charge in [0.1, 0.15) is 0 Å². The van der Waals surface area contributed by atoms with Crippen molar-refractivity contribution < 1.29 is 4.74 Å². The van der Waals surface area contributed by atoms with Gasteiger partial charge in [0.25, 0.3) is 0 Å². The lowest BCUT2D eigenvalue weighted by atomic mass is 9.79. The summed E-state index contributed by atoms with van der Waals surface area (Å²) in [6.45, 7) is 7.53. The molecule has 0 bridgehead atoms. The molecule has 2 fully saturated rings. The fourth-order valence-corrected chi connectivity index (χ4v) is 3.97. The van der Waals surface area contributed by atoms with Gasteiger partial charge >= 0.3 is 0 Å². The number of rotatable bonds is 6. The Hall–Kier alpha value is -0.120. The van der Waals surface area contributed by atoms with Crippen LogP contribution in [0.15, 0.2) is 0 Å². The zero-order valence-electron chi connectivity index (χ0n) is 13.0. The zero-order chi connectivity index (χ0) is 13.7. The lowest BCUT2D eigenvalue weighted by Gasteiger charge is -2.43. The maximum Gasteiger partial charge on any atom is 0.0622 e. The highest BCUT2D eigenvalue weighted by Crippen LogP contribution is 2.32. The average Bonchev–Trinajstić information content (AvgIpc) is 2.94. The quantitative estimate of drug-likeness (QED) is 0.801. The van der Waals surface area contributed by atoms with Crippen molar-refractivity contribution in [2.24, 2.45) is 5.92 Å². The second-order valence-electron chi connectivity index (χ2n) is 6.38. The Morgan fingerprint density at radius 3 is 2.68 bits per heavy atom. The fraction of sp³-hybridized carbons (Fsp3) is 1.00. The first-order valence-corrected chi connectivity index (χ1v) is 8.29. The first kappa shape index (κ1) is 15.3. The van der Waals surface area contributed by atoms with Gasteiger partial charge in [0.15, 0.2) is 0 Å². The Morgan fingerprint density at radius 2 is 2.05 bits per heavy atom. The van der Waals surface area contributed by atoms with Crippen LogP contribution in [0.4, 0.5) is 0 Å². The highest BCUT2D eigenvalue weighted by Gasteiger charge is 2.35. The predicted octanol–water partition coefficient (Wildman–Crippen LogP) is 2.65. The predicted molar refractivity (Wildman–Crippen MR) is 80.5 cm³/mol. The van der Waals surface area contributed by atoms with Crippen LogP contribution >= 0.6 is 0 Å². The molecule has 3 nitrogen and oxygen atoms in total. The minimum Gasteiger partial charge on any atom is -0.380 e. The Labute approximate surface area is 119 Å². The van der Waals surface area contributed by atoms with E-state index in [1.54, 1.807) is 0 Å². The molecule has 112 valence electrons. The molecule has 2 aliphatic rings. The molecule has 4 atom stereocenters. The third-order valence-corrected chi connectivity index (χ3v) is 5.09. The molecule has 1 aliphatic heterocycles. The minimum atomic E-state index is 0.645. The molecular formula is C16H32N2O. The normalized spacial score (nSPS) is 36.0. The SMILES string of the molecule is CCCC1CCC(NCC)C(N(C)C2CCOC2)C1. The molecular weight excluding hydrogens is 236 g/mol. The van der Waals surface area contributed by atoms with Crippen LogP contribution in [0.5, 0.6) is 0 Å². The molecule has 0 spiro atoms. The molecule has 3 heteroatoms. The van der Waals surface area contributed by atoms with Crippen molar-refractivity contribution in [3.05, 3.63) is 0 Å². The Bertz CT molecular complexity index is 253. The van der Waals surface area contributed by atoms with Gasteiger partial charge in [-0.3, -0.25) is 4.90 Å². The maximum atomic E-state index is 5.58. The monoisotopic (exact) mass is 268 g/mol. The van der Waals surface area contributed by atoms with Crippen LogP contribution in [-0.4, -0.2) is 49.8 Å². The van der Waals surface area contributed by atoms with E-state index in [1.807, 2.05) is 0 Å². The summed E-state index contributed by atoms with van der Waals surface area (Å²) in [6, 6.07) is 2.03. The zero-order valence-corrected chi connectivity index (χ0v) is 13.0. The van der Waals surface area contributed by atoms with E-state index in [-0.39, 0.29) is 0 Å². The molecule has 1 saturated carbocycles. The van der Waals surface area contributed by atoms with Gasteiger partial charge < -0.3 is 10.1 Å². The van der Waals surface area contributed by atoms with E-state index >= 15 is 0 Å². The van der Waals surface area contributed by atoms with E-state index in [9.17, 15) is 0 Å². The van der Waals surface area contributed by atoms with E-state index in [2.05, 4.69) is 31.1 Å². The molecule has 1 N–H and O–H groups in total. The summed E-state index contributed by atoms with van der Waals surface area (Å²) in [5.41, 5.74) is 0. The molecule has 0 aromatic carbocycles.